The number of nitrogens with two attached hydrogens (primary N) is 1. The third-order valence-electron chi connectivity index (χ3n) is 2.05. The minimum Gasteiger partial charge on any atom is -0.383 e. The molecule has 0 spiro atoms. The van der Waals surface area contributed by atoms with Crippen molar-refractivity contribution in [3.8, 4) is 0 Å². The van der Waals surface area contributed by atoms with Gasteiger partial charge in [0.2, 0.25) is 0 Å². The Morgan fingerprint density at radius 1 is 1.60 bits per heavy atom. The number of hydrogen-bond donors (Lipinski definition) is 1. The molecule has 15 heavy (non-hydrogen) atoms. The number of nitrogens with zero attached hydrogens (tertiary/aromatic N) is 1. The summed E-state index contributed by atoms with van der Waals surface area (Å²) >= 11 is 7.57. The van der Waals surface area contributed by atoms with Crippen LogP contribution in [-0.2, 0) is 4.74 Å². The van der Waals surface area contributed by atoms with E-state index in [0.29, 0.717) is 6.61 Å². The van der Waals surface area contributed by atoms with E-state index in [-0.39, 0.29) is 6.04 Å². The largest absolute Gasteiger partial charge is 0.383 e. The predicted octanol–water partition coefficient (Wildman–Crippen LogP) is 2.60. The van der Waals surface area contributed by atoms with Gasteiger partial charge in [0, 0.05) is 7.11 Å². The van der Waals surface area contributed by atoms with Gasteiger partial charge in [0.15, 0.2) is 0 Å². The molecule has 0 aliphatic carbocycles. The molecular formula is C10H11ClN2OS. The van der Waals surface area contributed by atoms with Gasteiger partial charge in [-0.15, -0.1) is 11.3 Å². The maximum atomic E-state index is 6.05. The van der Waals surface area contributed by atoms with Crippen LogP contribution in [0.2, 0.25) is 5.02 Å². The van der Waals surface area contributed by atoms with Crippen LogP contribution in [0.4, 0.5) is 0 Å². The molecule has 1 atom stereocenters. The van der Waals surface area contributed by atoms with E-state index < -0.39 is 0 Å². The molecular weight excluding hydrogens is 232 g/mol. The standard InChI is InChI=1S/C10H11ClN2OS/c1-14-5-7(12)10-13-8-4-2-3-6(11)9(8)15-10/h2-4,7H,5,12H2,1H3. The minimum absolute atomic E-state index is 0.177. The SMILES string of the molecule is COCC(N)c1nc2cccc(Cl)c2s1. The maximum Gasteiger partial charge on any atom is 0.113 e. The van der Waals surface area contributed by atoms with Crippen LogP contribution in [0.15, 0.2) is 18.2 Å². The zero-order chi connectivity index (χ0) is 10.8. The molecule has 0 amide bonds. The summed E-state index contributed by atoms with van der Waals surface area (Å²) in [4.78, 5) is 4.42. The predicted molar refractivity (Wildman–Crippen MR) is 63.4 cm³/mol. The zero-order valence-corrected chi connectivity index (χ0v) is 9.81. The summed E-state index contributed by atoms with van der Waals surface area (Å²) in [6, 6.07) is 5.49. The van der Waals surface area contributed by atoms with Crippen molar-refractivity contribution in [2.24, 2.45) is 5.73 Å². The maximum absolute atomic E-state index is 6.05. The second kappa shape index (κ2) is 4.45. The normalized spacial score (nSPS) is 13.3. The molecule has 0 saturated heterocycles. The monoisotopic (exact) mass is 242 g/mol. The van der Waals surface area contributed by atoms with Gasteiger partial charge >= 0.3 is 0 Å². The first kappa shape index (κ1) is 10.8. The fourth-order valence-electron chi connectivity index (χ4n) is 1.34. The summed E-state index contributed by atoms with van der Waals surface area (Å²) < 4.78 is 5.98. The summed E-state index contributed by atoms with van der Waals surface area (Å²) in [7, 11) is 1.63. The molecule has 1 unspecified atom stereocenters. The van der Waals surface area contributed by atoms with Crippen molar-refractivity contribution in [1.29, 1.82) is 0 Å². The Balaban J connectivity index is 2.43. The molecule has 5 heteroatoms. The lowest BCUT2D eigenvalue weighted by Crippen LogP contribution is -2.15. The fraction of sp³-hybridized carbons (Fsp3) is 0.300. The van der Waals surface area contributed by atoms with E-state index in [1.807, 2.05) is 18.2 Å². The molecule has 0 fully saturated rings. The van der Waals surface area contributed by atoms with Gasteiger partial charge in [-0.25, -0.2) is 4.98 Å². The molecule has 1 aromatic carbocycles. The number of aromatic nitrogens is 1. The number of rotatable bonds is 3. The lowest BCUT2D eigenvalue weighted by Gasteiger charge is -2.04. The van der Waals surface area contributed by atoms with Crippen LogP contribution in [0, 0.1) is 0 Å². The molecule has 2 rings (SSSR count). The first-order chi connectivity index (χ1) is 7.22. The molecule has 80 valence electrons. The van der Waals surface area contributed by atoms with Crippen molar-refractivity contribution < 1.29 is 4.74 Å². The molecule has 2 N–H and O–H groups in total. The number of benzene rings is 1. The zero-order valence-electron chi connectivity index (χ0n) is 8.24. The van der Waals surface area contributed by atoms with Gasteiger partial charge in [-0.2, -0.15) is 0 Å². The first-order valence-electron chi connectivity index (χ1n) is 4.52. The highest BCUT2D eigenvalue weighted by Gasteiger charge is 2.12. The highest BCUT2D eigenvalue weighted by molar-refractivity contribution is 7.19. The van der Waals surface area contributed by atoms with Crippen molar-refractivity contribution in [2.45, 2.75) is 6.04 Å². The van der Waals surface area contributed by atoms with E-state index in [2.05, 4.69) is 4.98 Å². The molecule has 0 bridgehead atoms. The number of methoxy groups -OCH3 is 1. The second-order valence-corrected chi connectivity index (χ2v) is 4.64. The molecule has 0 saturated carbocycles. The molecule has 0 aliphatic rings. The minimum atomic E-state index is -0.177. The van der Waals surface area contributed by atoms with Crippen molar-refractivity contribution in [3.63, 3.8) is 0 Å². The lowest BCUT2D eigenvalue weighted by molar-refractivity contribution is 0.181. The second-order valence-electron chi connectivity index (χ2n) is 3.20. The van der Waals surface area contributed by atoms with E-state index in [0.717, 1.165) is 20.2 Å². The van der Waals surface area contributed by atoms with Crippen LogP contribution in [0.3, 0.4) is 0 Å². The van der Waals surface area contributed by atoms with Gasteiger partial charge in [0.05, 0.1) is 27.9 Å². The number of hydrogen-bond acceptors (Lipinski definition) is 4. The summed E-state index contributed by atoms with van der Waals surface area (Å²) in [5.41, 5.74) is 6.80. The van der Waals surface area contributed by atoms with E-state index in [1.54, 1.807) is 7.11 Å². The van der Waals surface area contributed by atoms with Crippen molar-refractivity contribution >= 4 is 33.2 Å². The number of thiazole rings is 1. The van der Waals surface area contributed by atoms with Crippen LogP contribution in [0.5, 0.6) is 0 Å². The first-order valence-corrected chi connectivity index (χ1v) is 5.71. The van der Waals surface area contributed by atoms with Crippen molar-refractivity contribution in [2.75, 3.05) is 13.7 Å². The van der Waals surface area contributed by atoms with Crippen molar-refractivity contribution in [3.05, 3.63) is 28.2 Å². The summed E-state index contributed by atoms with van der Waals surface area (Å²) in [6.07, 6.45) is 0. The van der Waals surface area contributed by atoms with Crippen LogP contribution >= 0.6 is 22.9 Å². The van der Waals surface area contributed by atoms with Gasteiger partial charge in [-0.3, -0.25) is 0 Å². The summed E-state index contributed by atoms with van der Waals surface area (Å²) in [5.74, 6) is 0. The smallest absolute Gasteiger partial charge is 0.113 e. The number of ether oxygens (including phenoxy) is 1. The van der Waals surface area contributed by atoms with Crippen LogP contribution in [0.25, 0.3) is 10.2 Å². The van der Waals surface area contributed by atoms with Crippen LogP contribution < -0.4 is 5.73 Å². The van der Waals surface area contributed by atoms with E-state index >= 15 is 0 Å². The van der Waals surface area contributed by atoms with Gasteiger partial charge in [-0.1, -0.05) is 17.7 Å². The Labute approximate surface area is 96.8 Å². The molecule has 1 heterocycles. The Hall–Kier alpha value is -0.680. The summed E-state index contributed by atoms with van der Waals surface area (Å²) in [6.45, 7) is 0.470. The fourth-order valence-corrected chi connectivity index (χ4v) is 2.58. The highest BCUT2D eigenvalue weighted by Crippen LogP contribution is 2.31. The lowest BCUT2D eigenvalue weighted by atomic mass is 10.3. The number of halogens is 1. The van der Waals surface area contributed by atoms with E-state index in [4.69, 9.17) is 22.1 Å². The van der Waals surface area contributed by atoms with E-state index in [1.165, 1.54) is 11.3 Å². The Morgan fingerprint density at radius 2 is 2.40 bits per heavy atom. The quantitative estimate of drug-likeness (QED) is 0.900. The Kier molecular flexibility index (Phi) is 3.21. The molecule has 1 aromatic heterocycles. The van der Waals surface area contributed by atoms with Gasteiger partial charge in [0.25, 0.3) is 0 Å². The van der Waals surface area contributed by atoms with Crippen LogP contribution in [-0.4, -0.2) is 18.7 Å². The molecule has 0 radical (unpaired) electrons. The van der Waals surface area contributed by atoms with Crippen molar-refractivity contribution in [1.82, 2.24) is 4.98 Å². The number of fused-ring (bicyclic) bond motifs is 1. The van der Waals surface area contributed by atoms with Crippen LogP contribution in [0.1, 0.15) is 11.0 Å². The average Bonchev–Trinajstić information content (AvgIpc) is 2.63. The van der Waals surface area contributed by atoms with E-state index in [9.17, 15) is 0 Å². The molecule has 0 aliphatic heterocycles. The highest BCUT2D eigenvalue weighted by atomic mass is 35.5. The van der Waals surface area contributed by atoms with Gasteiger partial charge in [0.1, 0.15) is 5.01 Å². The molecule has 3 nitrogen and oxygen atoms in total. The summed E-state index contributed by atoms with van der Waals surface area (Å²) in [5, 5.41) is 1.58. The van der Waals surface area contributed by atoms with Gasteiger partial charge in [-0.05, 0) is 12.1 Å². The average molecular weight is 243 g/mol. The third-order valence-corrected chi connectivity index (χ3v) is 3.71. The Morgan fingerprint density at radius 3 is 3.07 bits per heavy atom. The Bertz CT molecular complexity index is 471. The molecule has 2 aromatic rings. The van der Waals surface area contributed by atoms with Gasteiger partial charge < -0.3 is 10.5 Å². The topological polar surface area (TPSA) is 48.1 Å². The third kappa shape index (κ3) is 2.13.